The molecular formula is C11H16O3S. The number of carbonyl (C=O) groups excluding carboxylic acids is 1. The van der Waals surface area contributed by atoms with Gasteiger partial charge in [0.1, 0.15) is 5.76 Å². The third kappa shape index (κ3) is 3.30. The molecular weight excluding hydrogens is 212 g/mol. The van der Waals surface area contributed by atoms with Crippen molar-refractivity contribution in [3.63, 3.8) is 0 Å². The first-order valence-electron chi connectivity index (χ1n) is 4.95. The van der Waals surface area contributed by atoms with Crippen LogP contribution >= 0.6 is 0 Å². The molecule has 3 nitrogen and oxygen atoms in total. The molecule has 0 bridgehead atoms. The van der Waals surface area contributed by atoms with Gasteiger partial charge >= 0.3 is 0 Å². The van der Waals surface area contributed by atoms with Crippen molar-refractivity contribution in [3.05, 3.63) is 23.7 Å². The minimum absolute atomic E-state index is 0.134. The Labute approximate surface area is 92.3 Å². The first-order chi connectivity index (χ1) is 7.04. The van der Waals surface area contributed by atoms with Crippen LogP contribution in [0.5, 0.6) is 0 Å². The van der Waals surface area contributed by atoms with E-state index in [2.05, 4.69) is 0 Å². The molecule has 0 saturated carbocycles. The average molecular weight is 228 g/mol. The van der Waals surface area contributed by atoms with Gasteiger partial charge in [-0.15, -0.1) is 0 Å². The van der Waals surface area contributed by atoms with Crippen LogP contribution in [0.2, 0.25) is 0 Å². The second kappa shape index (κ2) is 5.26. The van der Waals surface area contributed by atoms with Gasteiger partial charge in [0, 0.05) is 16.0 Å². The van der Waals surface area contributed by atoms with Gasteiger partial charge in [-0.2, -0.15) is 0 Å². The van der Waals surface area contributed by atoms with E-state index in [1.165, 1.54) is 0 Å². The van der Waals surface area contributed by atoms with E-state index in [-0.39, 0.29) is 5.25 Å². The Hall–Kier alpha value is -0.900. The lowest BCUT2D eigenvalue weighted by Gasteiger charge is -2.13. The SMILES string of the molecule is CC(C)C(C)S(=O)Cc1ccc(C=O)o1. The van der Waals surface area contributed by atoms with E-state index in [0.717, 1.165) is 0 Å². The van der Waals surface area contributed by atoms with Crippen LogP contribution in [0.4, 0.5) is 0 Å². The fraction of sp³-hybridized carbons (Fsp3) is 0.545. The zero-order chi connectivity index (χ0) is 11.4. The van der Waals surface area contributed by atoms with E-state index < -0.39 is 10.8 Å². The first kappa shape index (κ1) is 12.2. The summed E-state index contributed by atoms with van der Waals surface area (Å²) >= 11 is 0. The number of furan rings is 1. The molecule has 0 amide bonds. The second-order valence-corrected chi connectivity index (χ2v) is 5.69. The summed E-state index contributed by atoms with van der Waals surface area (Å²) in [6, 6.07) is 3.30. The second-order valence-electron chi connectivity index (χ2n) is 3.90. The quantitative estimate of drug-likeness (QED) is 0.727. The van der Waals surface area contributed by atoms with Crippen molar-refractivity contribution in [3.8, 4) is 0 Å². The van der Waals surface area contributed by atoms with Crippen molar-refractivity contribution >= 4 is 17.1 Å². The van der Waals surface area contributed by atoms with Crippen molar-refractivity contribution in [2.45, 2.75) is 31.8 Å². The third-order valence-corrected chi connectivity index (χ3v) is 4.38. The maximum atomic E-state index is 11.8. The van der Waals surface area contributed by atoms with Crippen LogP contribution < -0.4 is 0 Å². The van der Waals surface area contributed by atoms with E-state index in [0.29, 0.717) is 29.5 Å². The van der Waals surface area contributed by atoms with Gasteiger partial charge in [0.2, 0.25) is 0 Å². The predicted molar refractivity (Wildman–Crippen MR) is 60.2 cm³/mol. The Balaban J connectivity index is 2.62. The van der Waals surface area contributed by atoms with Gasteiger partial charge in [0.15, 0.2) is 12.0 Å². The molecule has 1 heterocycles. The minimum atomic E-state index is -0.944. The van der Waals surface area contributed by atoms with E-state index in [1.54, 1.807) is 12.1 Å². The Morgan fingerprint density at radius 2 is 2.07 bits per heavy atom. The van der Waals surface area contributed by atoms with Crippen LogP contribution in [0.3, 0.4) is 0 Å². The molecule has 15 heavy (non-hydrogen) atoms. The zero-order valence-electron chi connectivity index (χ0n) is 9.23. The summed E-state index contributed by atoms with van der Waals surface area (Å²) < 4.78 is 17.0. The molecule has 2 atom stereocenters. The highest BCUT2D eigenvalue weighted by atomic mass is 32.2. The van der Waals surface area contributed by atoms with Crippen LogP contribution in [-0.4, -0.2) is 15.7 Å². The molecule has 1 aromatic heterocycles. The molecule has 0 aliphatic carbocycles. The summed E-state index contributed by atoms with van der Waals surface area (Å²) in [6.45, 7) is 6.05. The molecule has 4 heteroatoms. The van der Waals surface area contributed by atoms with Gasteiger partial charge in [-0.05, 0) is 18.1 Å². The molecule has 0 aromatic carbocycles. The van der Waals surface area contributed by atoms with Crippen molar-refractivity contribution in [2.24, 2.45) is 5.92 Å². The number of hydrogen-bond donors (Lipinski definition) is 0. The maximum absolute atomic E-state index is 11.8. The third-order valence-electron chi connectivity index (χ3n) is 2.44. The van der Waals surface area contributed by atoms with Crippen LogP contribution in [0.25, 0.3) is 0 Å². The summed E-state index contributed by atoms with van der Waals surface area (Å²) in [5.74, 6) is 1.67. The number of aldehydes is 1. The summed E-state index contributed by atoms with van der Waals surface area (Å²) in [5.41, 5.74) is 0. The van der Waals surface area contributed by atoms with Crippen molar-refractivity contribution in [1.82, 2.24) is 0 Å². The van der Waals surface area contributed by atoms with Crippen LogP contribution in [-0.2, 0) is 16.6 Å². The smallest absolute Gasteiger partial charge is 0.185 e. The predicted octanol–water partition coefficient (Wildman–Crippen LogP) is 2.39. The van der Waals surface area contributed by atoms with Crippen LogP contribution in [0.1, 0.15) is 37.1 Å². The van der Waals surface area contributed by atoms with E-state index >= 15 is 0 Å². The molecule has 84 valence electrons. The number of rotatable bonds is 5. The van der Waals surface area contributed by atoms with Crippen molar-refractivity contribution in [2.75, 3.05) is 0 Å². The zero-order valence-corrected chi connectivity index (χ0v) is 10.0. The minimum Gasteiger partial charge on any atom is -0.457 e. The number of hydrogen-bond acceptors (Lipinski definition) is 3. The van der Waals surface area contributed by atoms with Crippen molar-refractivity contribution in [1.29, 1.82) is 0 Å². The normalized spacial score (nSPS) is 15.2. The molecule has 0 aliphatic rings. The fourth-order valence-electron chi connectivity index (χ4n) is 1.11. The largest absolute Gasteiger partial charge is 0.457 e. The molecule has 0 fully saturated rings. The van der Waals surface area contributed by atoms with E-state index in [4.69, 9.17) is 4.42 Å². The van der Waals surface area contributed by atoms with Gasteiger partial charge in [-0.25, -0.2) is 0 Å². The van der Waals surface area contributed by atoms with Gasteiger partial charge in [-0.3, -0.25) is 9.00 Å². The highest BCUT2D eigenvalue weighted by molar-refractivity contribution is 7.84. The maximum Gasteiger partial charge on any atom is 0.185 e. The van der Waals surface area contributed by atoms with Crippen LogP contribution in [0, 0.1) is 5.92 Å². The number of carbonyl (C=O) groups is 1. The standard InChI is InChI=1S/C11H16O3S/c1-8(2)9(3)15(13)7-11-5-4-10(6-12)14-11/h4-6,8-9H,7H2,1-3H3. The fourth-order valence-corrected chi connectivity index (χ4v) is 2.42. The lowest BCUT2D eigenvalue weighted by Crippen LogP contribution is -2.18. The summed E-state index contributed by atoms with van der Waals surface area (Å²) in [5, 5.41) is 0.134. The molecule has 0 aliphatic heterocycles. The summed E-state index contributed by atoms with van der Waals surface area (Å²) in [6.07, 6.45) is 0.651. The lowest BCUT2D eigenvalue weighted by molar-refractivity contribution is 0.109. The van der Waals surface area contributed by atoms with Gasteiger partial charge < -0.3 is 4.42 Å². The molecule has 0 N–H and O–H groups in total. The van der Waals surface area contributed by atoms with Gasteiger partial charge in [-0.1, -0.05) is 20.8 Å². The lowest BCUT2D eigenvalue weighted by atomic mass is 10.2. The Bertz CT molecular complexity index is 354. The topological polar surface area (TPSA) is 47.3 Å². The summed E-state index contributed by atoms with van der Waals surface area (Å²) in [7, 11) is -0.944. The molecule has 2 unspecified atom stereocenters. The molecule has 1 aromatic rings. The van der Waals surface area contributed by atoms with E-state index in [9.17, 15) is 9.00 Å². The Kier molecular flexibility index (Phi) is 4.27. The monoisotopic (exact) mass is 228 g/mol. The van der Waals surface area contributed by atoms with Gasteiger partial charge in [0.05, 0.1) is 5.75 Å². The van der Waals surface area contributed by atoms with Gasteiger partial charge in [0.25, 0.3) is 0 Å². The highest BCUT2D eigenvalue weighted by Gasteiger charge is 2.16. The van der Waals surface area contributed by atoms with Crippen LogP contribution in [0.15, 0.2) is 16.5 Å². The average Bonchev–Trinajstić information content (AvgIpc) is 2.64. The Morgan fingerprint density at radius 3 is 2.53 bits per heavy atom. The molecule has 0 saturated heterocycles. The Morgan fingerprint density at radius 1 is 1.40 bits per heavy atom. The molecule has 0 radical (unpaired) electrons. The van der Waals surface area contributed by atoms with E-state index in [1.807, 2.05) is 20.8 Å². The van der Waals surface area contributed by atoms with Crippen molar-refractivity contribution < 1.29 is 13.4 Å². The first-order valence-corrected chi connectivity index (χ1v) is 6.34. The summed E-state index contributed by atoms with van der Waals surface area (Å²) in [4.78, 5) is 10.4. The highest BCUT2D eigenvalue weighted by Crippen LogP contribution is 2.15. The molecule has 0 spiro atoms. The molecule has 1 rings (SSSR count).